The molecule has 0 heteroatoms. The van der Waals surface area contributed by atoms with E-state index >= 15 is 0 Å². The van der Waals surface area contributed by atoms with Crippen molar-refractivity contribution >= 4 is 0 Å². The lowest BCUT2D eigenvalue weighted by molar-refractivity contribution is 0.157. The van der Waals surface area contributed by atoms with Crippen LogP contribution in [0.4, 0.5) is 0 Å². The molecule has 4 aliphatic carbocycles. The first-order valence-corrected chi connectivity index (χ1v) is 14.7. The van der Waals surface area contributed by atoms with Crippen molar-refractivity contribution in [2.45, 2.75) is 130 Å². The van der Waals surface area contributed by atoms with Crippen LogP contribution >= 0.6 is 0 Å². The molecule has 4 aliphatic rings. The fourth-order valence-corrected chi connectivity index (χ4v) is 7.45. The van der Waals surface area contributed by atoms with Crippen LogP contribution < -0.4 is 0 Å². The minimum absolute atomic E-state index is 0.913. The Labute approximate surface area is 202 Å². The third-order valence-corrected chi connectivity index (χ3v) is 9.74. The second-order valence-electron chi connectivity index (χ2n) is 13.0. The van der Waals surface area contributed by atoms with Crippen LogP contribution in [0.1, 0.15) is 130 Å². The minimum Gasteiger partial charge on any atom is -0.100 e. The second-order valence-corrected chi connectivity index (χ2v) is 13.0. The molecule has 0 atom stereocenters. The number of allylic oxidation sites excluding steroid dienone is 3. The molecule has 0 aromatic rings. The van der Waals surface area contributed by atoms with E-state index in [9.17, 15) is 0 Å². The molecule has 0 heterocycles. The molecule has 4 rings (SSSR count). The van der Waals surface area contributed by atoms with Crippen molar-refractivity contribution in [2.24, 2.45) is 47.3 Å². The van der Waals surface area contributed by atoms with Crippen LogP contribution in [-0.4, -0.2) is 0 Å². The Kier molecular flexibility index (Phi) is 10.9. The van der Waals surface area contributed by atoms with Gasteiger partial charge in [0.1, 0.15) is 0 Å². The smallest absolute Gasteiger partial charge is 0.0233 e. The standard InChI is InChI=1S/C28H48.C4H8/c1-21-3-13-25(14-4-21)27-17-9-23(10-18-27)7-8-24-11-19-28(20-12-24)26-15-5-22(2)6-16-26;1-4(2)3/h7-8,21-28H,3-6,9-20H2,1-2H3;1H2,2-3H3/b8-7+;. The van der Waals surface area contributed by atoms with Crippen molar-refractivity contribution in [3.05, 3.63) is 24.3 Å². The maximum atomic E-state index is 3.56. The normalized spacial score (nSPS) is 41.0. The van der Waals surface area contributed by atoms with Crippen molar-refractivity contribution in [1.82, 2.24) is 0 Å². The molecule has 0 unspecified atom stereocenters. The topological polar surface area (TPSA) is 0 Å². The SMILES string of the molecule is C=C(C)C.CC1CCC(C2CCC(/C=C/C3CCC(C4CCC(C)CC4)CC3)CC2)CC1. The van der Waals surface area contributed by atoms with Gasteiger partial charge in [-0.25, -0.2) is 0 Å². The predicted molar refractivity (Wildman–Crippen MR) is 143 cm³/mol. The fourth-order valence-electron chi connectivity index (χ4n) is 7.45. The first-order chi connectivity index (χ1) is 15.4. The van der Waals surface area contributed by atoms with E-state index in [1.807, 2.05) is 13.8 Å². The summed E-state index contributed by atoms with van der Waals surface area (Å²) < 4.78 is 0. The molecule has 4 saturated carbocycles. The van der Waals surface area contributed by atoms with Gasteiger partial charge in [0.2, 0.25) is 0 Å². The lowest BCUT2D eigenvalue weighted by Crippen LogP contribution is -2.25. The Bertz CT molecular complexity index is 491. The quantitative estimate of drug-likeness (QED) is 0.381. The largest absolute Gasteiger partial charge is 0.100 e. The maximum absolute atomic E-state index is 3.56. The van der Waals surface area contributed by atoms with E-state index in [0.29, 0.717) is 0 Å². The minimum atomic E-state index is 0.913. The summed E-state index contributed by atoms with van der Waals surface area (Å²) >= 11 is 0. The van der Waals surface area contributed by atoms with Crippen molar-refractivity contribution in [1.29, 1.82) is 0 Å². The Morgan fingerprint density at radius 1 is 0.469 bits per heavy atom. The predicted octanol–water partition coefficient (Wildman–Crippen LogP) is 10.4. The van der Waals surface area contributed by atoms with Crippen molar-refractivity contribution in [2.75, 3.05) is 0 Å². The molecular formula is C32H56. The van der Waals surface area contributed by atoms with Gasteiger partial charge in [-0.15, -0.1) is 6.58 Å². The van der Waals surface area contributed by atoms with Gasteiger partial charge in [0.25, 0.3) is 0 Å². The van der Waals surface area contributed by atoms with Crippen LogP contribution in [0, 0.1) is 47.3 Å². The lowest BCUT2D eigenvalue weighted by atomic mass is 9.68. The van der Waals surface area contributed by atoms with Crippen molar-refractivity contribution in [3.63, 3.8) is 0 Å². The molecule has 0 nitrogen and oxygen atoms in total. The summed E-state index contributed by atoms with van der Waals surface area (Å²) in [7, 11) is 0. The third kappa shape index (κ3) is 8.68. The van der Waals surface area contributed by atoms with E-state index in [4.69, 9.17) is 0 Å². The summed E-state index contributed by atoms with van der Waals surface area (Å²) in [5, 5.41) is 0. The molecule has 0 amide bonds. The van der Waals surface area contributed by atoms with Gasteiger partial charge in [-0.1, -0.05) is 57.3 Å². The molecular weight excluding hydrogens is 384 g/mol. The fraction of sp³-hybridized carbons (Fsp3) is 0.875. The van der Waals surface area contributed by atoms with Gasteiger partial charge in [0.05, 0.1) is 0 Å². The van der Waals surface area contributed by atoms with E-state index < -0.39 is 0 Å². The molecule has 184 valence electrons. The Morgan fingerprint density at radius 2 is 0.688 bits per heavy atom. The lowest BCUT2D eigenvalue weighted by Gasteiger charge is -2.37. The summed E-state index contributed by atoms with van der Waals surface area (Å²) in [6, 6.07) is 0. The van der Waals surface area contributed by atoms with Gasteiger partial charge in [0.15, 0.2) is 0 Å². The molecule has 32 heavy (non-hydrogen) atoms. The van der Waals surface area contributed by atoms with Crippen LogP contribution in [0.5, 0.6) is 0 Å². The van der Waals surface area contributed by atoms with Gasteiger partial charge < -0.3 is 0 Å². The van der Waals surface area contributed by atoms with Gasteiger partial charge in [-0.05, 0) is 138 Å². The number of hydrogen-bond acceptors (Lipinski definition) is 0. The first kappa shape index (κ1) is 26.1. The highest BCUT2D eigenvalue weighted by Crippen LogP contribution is 2.43. The number of hydrogen-bond donors (Lipinski definition) is 0. The van der Waals surface area contributed by atoms with Crippen LogP contribution in [0.2, 0.25) is 0 Å². The van der Waals surface area contributed by atoms with Gasteiger partial charge in [-0.2, -0.15) is 0 Å². The van der Waals surface area contributed by atoms with Crippen LogP contribution in [0.3, 0.4) is 0 Å². The van der Waals surface area contributed by atoms with E-state index in [-0.39, 0.29) is 0 Å². The molecule has 0 N–H and O–H groups in total. The van der Waals surface area contributed by atoms with E-state index in [2.05, 4.69) is 32.6 Å². The Morgan fingerprint density at radius 3 is 0.938 bits per heavy atom. The van der Waals surface area contributed by atoms with Crippen molar-refractivity contribution in [3.8, 4) is 0 Å². The van der Waals surface area contributed by atoms with Crippen molar-refractivity contribution < 1.29 is 0 Å². The van der Waals surface area contributed by atoms with Crippen LogP contribution in [0.25, 0.3) is 0 Å². The van der Waals surface area contributed by atoms with Crippen LogP contribution in [0.15, 0.2) is 24.3 Å². The molecule has 0 saturated heterocycles. The van der Waals surface area contributed by atoms with E-state index in [0.717, 1.165) is 47.3 Å². The summed E-state index contributed by atoms with van der Waals surface area (Å²) in [5.74, 6) is 8.15. The highest BCUT2D eigenvalue weighted by molar-refractivity contribution is 4.97. The third-order valence-electron chi connectivity index (χ3n) is 9.74. The second kappa shape index (κ2) is 13.4. The van der Waals surface area contributed by atoms with E-state index in [1.165, 1.54) is 108 Å². The first-order valence-electron chi connectivity index (χ1n) is 14.7. The molecule has 0 bridgehead atoms. The Hall–Kier alpha value is -0.520. The highest BCUT2D eigenvalue weighted by atomic mass is 14.4. The van der Waals surface area contributed by atoms with Gasteiger partial charge >= 0.3 is 0 Å². The molecule has 0 spiro atoms. The zero-order valence-electron chi connectivity index (χ0n) is 22.3. The summed E-state index contributed by atoms with van der Waals surface area (Å²) in [6.45, 7) is 12.4. The highest BCUT2D eigenvalue weighted by Gasteiger charge is 2.31. The molecule has 0 aromatic heterocycles. The summed E-state index contributed by atoms with van der Waals surface area (Å²) in [4.78, 5) is 0. The maximum Gasteiger partial charge on any atom is -0.0233 e. The molecule has 0 radical (unpaired) electrons. The average molecular weight is 441 g/mol. The Balaban J connectivity index is 0.000000668. The average Bonchev–Trinajstić information content (AvgIpc) is 2.79. The zero-order chi connectivity index (χ0) is 22.9. The zero-order valence-corrected chi connectivity index (χ0v) is 22.3. The molecule has 0 aliphatic heterocycles. The summed E-state index contributed by atoms with van der Waals surface area (Å²) in [6.07, 6.45) is 29.6. The summed E-state index contributed by atoms with van der Waals surface area (Å²) in [5.41, 5.74) is 1.17. The molecule has 0 aromatic carbocycles. The van der Waals surface area contributed by atoms with E-state index in [1.54, 1.807) is 0 Å². The number of rotatable bonds is 4. The van der Waals surface area contributed by atoms with Gasteiger partial charge in [0, 0.05) is 0 Å². The molecule has 4 fully saturated rings. The van der Waals surface area contributed by atoms with Gasteiger partial charge in [-0.3, -0.25) is 0 Å². The van der Waals surface area contributed by atoms with Crippen LogP contribution in [-0.2, 0) is 0 Å². The monoisotopic (exact) mass is 440 g/mol.